The van der Waals surface area contributed by atoms with Gasteiger partial charge in [0.2, 0.25) is 0 Å². The van der Waals surface area contributed by atoms with Crippen molar-refractivity contribution >= 4 is 17.0 Å². The lowest BCUT2D eigenvalue weighted by molar-refractivity contribution is 0.0699. The van der Waals surface area contributed by atoms with E-state index in [1.54, 1.807) is 12.3 Å². The minimum Gasteiger partial charge on any atom is -0.478 e. The van der Waals surface area contributed by atoms with Gasteiger partial charge in [-0.2, -0.15) is 0 Å². The number of carbonyl (C=O) groups is 1. The van der Waals surface area contributed by atoms with E-state index in [1.807, 2.05) is 6.07 Å². The van der Waals surface area contributed by atoms with Crippen molar-refractivity contribution in [3.8, 4) is 0 Å². The van der Waals surface area contributed by atoms with E-state index in [9.17, 15) is 4.79 Å². The van der Waals surface area contributed by atoms with Crippen molar-refractivity contribution in [2.45, 2.75) is 32.1 Å². The molecule has 0 aliphatic heterocycles. The van der Waals surface area contributed by atoms with Crippen LogP contribution in [0.5, 0.6) is 0 Å². The van der Waals surface area contributed by atoms with Gasteiger partial charge in [-0.3, -0.25) is 4.98 Å². The van der Waals surface area contributed by atoms with Crippen molar-refractivity contribution in [3.05, 3.63) is 29.6 Å². The summed E-state index contributed by atoms with van der Waals surface area (Å²) in [6.45, 7) is 0. The highest BCUT2D eigenvalue weighted by molar-refractivity contribution is 6.00. The van der Waals surface area contributed by atoms with Gasteiger partial charge in [-0.25, -0.2) is 4.79 Å². The van der Waals surface area contributed by atoms with Crippen LogP contribution in [0.2, 0.25) is 0 Å². The van der Waals surface area contributed by atoms with E-state index >= 15 is 0 Å². The van der Waals surface area contributed by atoms with E-state index in [-0.39, 0.29) is 0 Å². The molecule has 2 aromatic rings. The van der Waals surface area contributed by atoms with Crippen LogP contribution in [0, 0.1) is 5.92 Å². The SMILES string of the molecule is O=C(O)c1ccnc2cc(CC3CCCC3)[nH]c12. The van der Waals surface area contributed by atoms with Gasteiger partial charge in [-0.05, 0) is 24.5 Å². The average Bonchev–Trinajstić information content (AvgIpc) is 2.96. The standard InChI is InChI=1S/C14H16N2O2/c17-14(18)11-5-6-15-12-8-10(16-13(11)12)7-9-3-1-2-4-9/h5-6,8-9,16H,1-4,7H2,(H,17,18). The molecule has 2 aromatic heterocycles. The van der Waals surface area contributed by atoms with Crippen LogP contribution in [0.1, 0.15) is 41.7 Å². The predicted molar refractivity (Wildman–Crippen MR) is 68.7 cm³/mol. The first-order valence-corrected chi connectivity index (χ1v) is 6.44. The molecule has 0 spiro atoms. The van der Waals surface area contributed by atoms with Gasteiger partial charge in [-0.15, -0.1) is 0 Å². The van der Waals surface area contributed by atoms with E-state index in [1.165, 1.54) is 25.7 Å². The lowest BCUT2D eigenvalue weighted by Crippen LogP contribution is -1.99. The molecule has 4 nitrogen and oxygen atoms in total. The zero-order chi connectivity index (χ0) is 12.5. The summed E-state index contributed by atoms with van der Waals surface area (Å²) < 4.78 is 0. The number of pyridine rings is 1. The van der Waals surface area contributed by atoms with E-state index in [2.05, 4.69) is 9.97 Å². The number of aromatic carboxylic acids is 1. The van der Waals surface area contributed by atoms with Gasteiger partial charge in [-0.1, -0.05) is 25.7 Å². The summed E-state index contributed by atoms with van der Waals surface area (Å²) in [7, 11) is 0. The van der Waals surface area contributed by atoms with Gasteiger partial charge < -0.3 is 10.1 Å². The Kier molecular flexibility index (Phi) is 2.78. The third-order valence-corrected chi connectivity index (χ3v) is 3.79. The van der Waals surface area contributed by atoms with Gasteiger partial charge in [0.15, 0.2) is 0 Å². The average molecular weight is 244 g/mol. The van der Waals surface area contributed by atoms with Crippen LogP contribution < -0.4 is 0 Å². The van der Waals surface area contributed by atoms with Gasteiger partial charge >= 0.3 is 5.97 Å². The van der Waals surface area contributed by atoms with Crippen molar-refractivity contribution in [3.63, 3.8) is 0 Å². The van der Waals surface area contributed by atoms with Crippen molar-refractivity contribution < 1.29 is 9.90 Å². The molecule has 2 N–H and O–H groups in total. The first kappa shape index (κ1) is 11.3. The number of carboxylic acids is 1. The van der Waals surface area contributed by atoms with Crippen LogP contribution >= 0.6 is 0 Å². The van der Waals surface area contributed by atoms with Gasteiger partial charge in [0, 0.05) is 11.9 Å². The monoisotopic (exact) mass is 244 g/mol. The first-order chi connectivity index (χ1) is 8.74. The minimum atomic E-state index is -0.906. The molecule has 1 fully saturated rings. The highest BCUT2D eigenvalue weighted by Gasteiger charge is 2.18. The number of H-pyrrole nitrogens is 1. The summed E-state index contributed by atoms with van der Waals surface area (Å²) in [5.74, 6) is -0.164. The first-order valence-electron chi connectivity index (χ1n) is 6.44. The normalized spacial score (nSPS) is 16.4. The van der Waals surface area contributed by atoms with E-state index < -0.39 is 5.97 Å². The third-order valence-electron chi connectivity index (χ3n) is 3.79. The molecule has 1 saturated carbocycles. The number of aromatic nitrogens is 2. The van der Waals surface area contributed by atoms with Crippen molar-refractivity contribution in [1.82, 2.24) is 9.97 Å². The molecule has 0 unspecified atom stereocenters. The maximum absolute atomic E-state index is 11.1. The largest absolute Gasteiger partial charge is 0.478 e. The maximum Gasteiger partial charge on any atom is 0.337 e. The fourth-order valence-corrected chi connectivity index (χ4v) is 2.89. The van der Waals surface area contributed by atoms with Crippen molar-refractivity contribution in [2.24, 2.45) is 5.92 Å². The van der Waals surface area contributed by atoms with Crippen LogP contribution in [-0.4, -0.2) is 21.0 Å². The van der Waals surface area contributed by atoms with Crippen LogP contribution in [0.4, 0.5) is 0 Å². The number of hydrogen-bond acceptors (Lipinski definition) is 2. The Morgan fingerprint density at radius 3 is 2.94 bits per heavy atom. The van der Waals surface area contributed by atoms with Crippen LogP contribution in [0.3, 0.4) is 0 Å². The summed E-state index contributed by atoms with van der Waals surface area (Å²) in [4.78, 5) is 18.6. The molecule has 18 heavy (non-hydrogen) atoms. The number of aromatic amines is 1. The minimum absolute atomic E-state index is 0.303. The van der Waals surface area contributed by atoms with Gasteiger partial charge in [0.25, 0.3) is 0 Å². The molecule has 1 aliphatic carbocycles. The molecule has 0 saturated heterocycles. The second kappa shape index (κ2) is 4.44. The summed E-state index contributed by atoms with van der Waals surface area (Å²) in [5, 5.41) is 9.13. The molecule has 0 radical (unpaired) electrons. The molecule has 0 amide bonds. The molecule has 0 bridgehead atoms. The van der Waals surface area contributed by atoms with E-state index in [0.717, 1.165) is 23.5 Å². The quantitative estimate of drug-likeness (QED) is 0.872. The molecule has 0 atom stereocenters. The maximum atomic E-state index is 11.1. The zero-order valence-corrected chi connectivity index (χ0v) is 10.1. The van der Waals surface area contributed by atoms with Crippen molar-refractivity contribution in [1.29, 1.82) is 0 Å². The number of carboxylic acid groups (broad SMARTS) is 1. The van der Waals surface area contributed by atoms with Crippen LogP contribution in [0.25, 0.3) is 11.0 Å². The van der Waals surface area contributed by atoms with Crippen molar-refractivity contribution in [2.75, 3.05) is 0 Å². The van der Waals surface area contributed by atoms with E-state index in [4.69, 9.17) is 5.11 Å². The molecule has 4 heteroatoms. The predicted octanol–water partition coefficient (Wildman–Crippen LogP) is 2.99. The number of nitrogens with zero attached hydrogens (tertiary/aromatic N) is 1. The van der Waals surface area contributed by atoms with Gasteiger partial charge in [0.1, 0.15) is 0 Å². The lowest BCUT2D eigenvalue weighted by Gasteiger charge is -2.05. The second-order valence-electron chi connectivity index (χ2n) is 5.07. The molecule has 3 rings (SSSR count). The number of hydrogen-bond donors (Lipinski definition) is 2. The third kappa shape index (κ3) is 1.98. The number of rotatable bonds is 3. The van der Waals surface area contributed by atoms with Crippen LogP contribution in [-0.2, 0) is 6.42 Å². The Hall–Kier alpha value is -1.84. The molecule has 94 valence electrons. The number of nitrogens with one attached hydrogen (secondary N) is 1. The smallest absolute Gasteiger partial charge is 0.337 e. The Labute approximate surface area is 105 Å². The Morgan fingerprint density at radius 2 is 2.22 bits per heavy atom. The molecular formula is C14H16N2O2. The summed E-state index contributed by atoms with van der Waals surface area (Å²) in [6.07, 6.45) is 7.78. The zero-order valence-electron chi connectivity index (χ0n) is 10.1. The summed E-state index contributed by atoms with van der Waals surface area (Å²) in [5.41, 5.74) is 2.82. The Morgan fingerprint density at radius 1 is 1.44 bits per heavy atom. The Balaban J connectivity index is 1.94. The second-order valence-corrected chi connectivity index (χ2v) is 5.07. The fraction of sp³-hybridized carbons (Fsp3) is 0.429. The molecule has 2 heterocycles. The fourth-order valence-electron chi connectivity index (χ4n) is 2.89. The van der Waals surface area contributed by atoms with Gasteiger partial charge in [0.05, 0.1) is 16.6 Å². The molecular weight excluding hydrogens is 228 g/mol. The molecule has 0 aromatic carbocycles. The highest BCUT2D eigenvalue weighted by atomic mass is 16.4. The summed E-state index contributed by atoms with van der Waals surface area (Å²) in [6, 6.07) is 3.53. The van der Waals surface area contributed by atoms with Crippen LogP contribution in [0.15, 0.2) is 18.3 Å². The number of fused-ring (bicyclic) bond motifs is 1. The van der Waals surface area contributed by atoms with E-state index in [0.29, 0.717) is 11.1 Å². The Bertz CT molecular complexity index is 582. The lowest BCUT2D eigenvalue weighted by atomic mass is 10.0. The summed E-state index contributed by atoms with van der Waals surface area (Å²) >= 11 is 0. The topological polar surface area (TPSA) is 66.0 Å². The highest BCUT2D eigenvalue weighted by Crippen LogP contribution is 2.29. The molecule has 1 aliphatic rings.